The van der Waals surface area contributed by atoms with E-state index < -0.39 is 77.7 Å². The second-order valence-corrected chi connectivity index (χ2v) is 6.84. The number of alkyl halides is 6. The van der Waals surface area contributed by atoms with Gasteiger partial charge in [0, 0.05) is 0 Å². The highest BCUT2D eigenvalue weighted by Gasteiger charge is 2.39. The number of benzene rings is 1. The highest BCUT2D eigenvalue weighted by atomic mass is 19.4. The number of carboxylic acids is 1. The van der Waals surface area contributed by atoms with E-state index in [1.54, 1.807) is 0 Å². The van der Waals surface area contributed by atoms with Gasteiger partial charge in [-0.1, -0.05) is 0 Å². The number of esters is 2. The van der Waals surface area contributed by atoms with E-state index >= 15 is 0 Å². The molecule has 0 saturated carbocycles. The number of amides is 1. The van der Waals surface area contributed by atoms with E-state index in [1.165, 1.54) is 13.8 Å². The molecule has 1 rings (SSSR count). The van der Waals surface area contributed by atoms with Crippen molar-refractivity contribution < 1.29 is 60.1 Å². The molecule has 0 aliphatic heterocycles. The van der Waals surface area contributed by atoms with Crippen molar-refractivity contribution in [2.24, 2.45) is 5.92 Å². The Morgan fingerprint density at radius 3 is 1.82 bits per heavy atom. The first kappa shape index (κ1) is 28.7. The molecule has 0 aromatic heterocycles. The van der Waals surface area contributed by atoms with Crippen LogP contribution in [0, 0.1) is 5.92 Å². The van der Waals surface area contributed by atoms with E-state index in [4.69, 9.17) is 4.74 Å². The maximum atomic E-state index is 13.0. The van der Waals surface area contributed by atoms with Crippen LogP contribution in [0.1, 0.15) is 37.0 Å². The van der Waals surface area contributed by atoms with Crippen LogP contribution >= 0.6 is 0 Å². The molecule has 34 heavy (non-hydrogen) atoms. The molecule has 2 N–H and O–H groups in total. The summed E-state index contributed by atoms with van der Waals surface area (Å²) >= 11 is 0. The molecule has 1 aromatic rings. The van der Waals surface area contributed by atoms with Crippen molar-refractivity contribution in [2.75, 3.05) is 13.2 Å². The molecule has 0 fully saturated rings. The Kier molecular flexibility index (Phi) is 9.88. The number of hydrogen-bond acceptors (Lipinski definition) is 6. The normalized spacial score (nSPS) is 13.5. The van der Waals surface area contributed by atoms with Gasteiger partial charge in [0.2, 0.25) is 5.91 Å². The molecule has 2 atom stereocenters. The highest BCUT2D eigenvalue weighted by molar-refractivity contribution is 5.91. The third kappa shape index (κ3) is 8.56. The maximum absolute atomic E-state index is 13.0. The van der Waals surface area contributed by atoms with Crippen molar-refractivity contribution >= 4 is 23.8 Å². The number of carboxylic acid groups (broad SMARTS) is 1. The molecule has 0 radical (unpaired) electrons. The molecule has 0 saturated heterocycles. The molecule has 0 aliphatic rings. The van der Waals surface area contributed by atoms with Gasteiger partial charge < -0.3 is 19.9 Å². The standard InChI is InChI=1S/C20H21F6NO7/c1-3-33-15(29)9-13(18(32)34-4-2)16(17(30)31)27-14(28)7-10-5-11(19(21,22)23)8-12(6-10)20(24,25)26/h5-6,8,13,16H,3-4,7,9H2,1-2H3,(H,27,28)(H,30,31)/t13-,16+/m0/s1. The molecule has 1 aromatic carbocycles. The van der Waals surface area contributed by atoms with E-state index in [0.29, 0.717) is 12.1 Å². The van der Waals surface area contributed by atoms with Crippen LogP contribution in [0.2, 0.25) is 0 Å². The van der Waals surface area contributed by atoms with Crippen molar-refractivity contribution in [3.05, 3.63) is 34.9 Å². The summed E-state index contributed by atoms with van der Waals surface area (Å²) in [5, 5.41) is 11.3. The van der Waals surface area contributed by atoms with Gasteiger partial charge in [0.15, 0.2) is 0 Å². The summed E-state index contributed by atoms with van der Waals surface area (Å²) < 4.78 is 87.4. The van der Waals surface area contributed by atoms with Crippen LogP contribution in [0.5, 0.6) is 0 Å². The average molecular weight is 501 g/mol. The first-order valence-electron chi connectivity index (χ1n) is 9.72. The minimum Gasteiger partial charge on any atom is -0.480 e. The van der Waals surface area contributed by atoms with Crippen molar-refractivity contribution in [1.29, 1.82) is 0 Å². The predicted octanol–water partition coefficient (Wildman–Crippen LogP) is 2.97. The number of halogens is 6. The molecule has 190 valence electrons. The second-order valence-electron chi connectivity index (χ2n) is 6.84. The van der Waals surface area contributed by atoms with Crippen LogP contribution < -0.4 is 5.32 Å². The predicted molar refractivity (Wildman–Crippen MR) is 101 cm³/mol. The molecule has 8 nitrogen and oxygen atoms in total. The number of rotatable bonds is 10. The number of ether oxygens (including phenoxy) is 2. The summed E-state index contributed by atoms with van der Waals surface area (Å²) in [7, 11) is 0. The number of aliphatic carboxylic acids is 1. The van der Waals surface area contributed by atoms with Gasteiger partial charge in [-0.2, -0.15) is 26.3 Å². The van der Waals surface area contributed by atoms with Gasteiger partial charge in [0.05, 0.1) is 43.1 Å². The summed E-state index contributed by atoms with van der Waals surface area (Å²) in [4.78, 5) is 48.0. The number of hydrogen-bond donors (Lipinski definition) is 2. The minimum absolute atomic E-state index is 0.102. The Balaban J connectivity index is 3.23. The van der Waals surface area contributed by atoms with Crippen molar-refractivity contribution in [2.45, 2.75) is 45.1 Å². The quantitative estimate of drug-likeness (QED) is 0.374. The molecule has 1 amide bonds. The highest BCUT2D eigenvalue weighted by Crippen LogP contribution is 2.36. The van der Waals surface area contributed by atoms with Gasteiger partial charge in [0.1, 0.15) is 6.04 Å². The molecule has 0 aliphatic carbocycles. The van der Waals surface area contributed by atoms with Crippen LogP contribution in [-0.4, -0.2) is 48.2 Å². The molecule has 0 spiro atoms. The number of carbonyl (C=O) groups excluding carboxylic acids is 3. The Morgan fingerprint density at radius 2 is 1.41 bits per heavy atom. The fourth-order valence-corrected chi connectivity index (χ4v) is 2.85. The van der Waals surface area contributed by atoms with Crippen LogP contribution in [0.4, 0.5) is 26.3 Å². The van der Waals surface area contributed by atoms with E-state index in [-0.39, 0.29) is 19.3 Å². The number of carbonyl (C=O) groups is 4. The largest absolute Gasteiger partial charge is 0.480 e. The molecule has 0 heterocycles. The zero-order valence-electron chi connectivity index (χ0n) is 17.9. The Labute approximate surface area is 189 Å². The van der Waals surface area contributed by atoms with Crippen molar-refractivity contribution in [3.8, 4) is 0 Å². The minimum atomic E-state index is -5.15. The zero-order valence-corrected chi connectivity index (χ0v) is 17.9. The number of nitrogens with one attached hydrogen (secondary N) is 1. The van der Waals surface area contributed by atoms with E-state index in [2.05, 4.69) is 4.74 Å². The lowest BCUT2D eigenvalue weighted by Crippen LogP contribution is -2.50. The summed E-state index contributed by atoms with van der Waals surface area (Å²) in [5.74, 6) is -7.04. The van der Waals surface area contributed by atoms with Crippen LogP contribution in [0.3, 0.4) is 0 Å². The van der Waals surface area contributed by atoms with E-state index in [1.807, 2.05) is 5.32 Å². The Hall–Kier alpha value is -3.32. The van der Waals surface area contributed by atoms with Crippen LogP contribution in [0.25, 0.3) is 0 Å². The summed E-state index contributed by atoms with van der Waals surface area (Å²) in [6.45, 7) is 2.52. The summed E-state index contributed by atoms with van der Waals surface area (Å²) in [5.41, 5.74) is -4.03. The third-order valence-electron chi connectivity index (χ3n) is 4.28. The molecule has 0 unspecified atom stereocenters. The topological polar surface area (TPSA) is 119 Å². The monoisotopic (exact) mass is 501 g/mol. The maximum Gasteiger partial charge on any atom is 0.416 e. The van der Waals surface area contributed by atoms with Gasteiger partial charge >= 0.3 is 30.3 Å². The van der Waals surface area contributed by atoms with Gasteiger partial charge in [-0.15, -0.1) is 0 Å². The zero-order chi connectivity index (χ0) is 26.3. The molecule has 0 bridgehead atoms. The average Bonchev–Trinajstić information content (AvgIpc) is 2.69. The van der Waals surface area contributed by atoms with Crippen molar-refractivity contribution in [3.63, 3.8) is 0 Å². The smallest absolute Gasteiger partial charge is 0.416 e. The van der Waals surface area contributed by atoms with Crippen LogP contribution in [0.15, 0.2) is 18.2 Å². The lowest BCUT2D eigenvalue weighted by molar-refractivity contribution is -0.160. The molecule has 14 heteroatoms. The van der Waals surface area contributed by atoms with Crippen LogP contribution in [-0.2, 0) is 47.4 Å². The fraction of sp³-hybridized carbons (Fsp3) is 0.500. The second kappa shape index (κ2) is 11.7. The fourth-order valence-electron chi connectivity index (χ4n) is 2.85. The summed E-state index contributed by atoms with van der Waals surface area (Å²) in [6, 6.07) is -1.58. The van der Waals surface area contributed by atoms with Gasteiger partial charge in [-0.05, 0) is 37.6 Å². The first-order valence-corrected chi connectivity index (χ1v) is 9.72. The van der Waals surface area contributed by atoms with Gasteiger partial charge in [-0.3, -0.25) is 14.4 Å². The lowest BCUT2D eigenvalue weighted by atomic mass is 9.95. The van der Waals surface area contributed by atoms with Crippen molar-refractivity contribution in [1.82, 2.24) is 5.32 Å². The summed E-state index contributed by atoms with van der Waals surface area (Å²) in [6.07, 6.45) is -12.2. The Bertz CT molecular complexity index is 881. The van der Waals surface area contributed by atoms with Gasteiger partial charge in [0.25, 0.3) is 0 Å². The van der Waals surface area contributed by atoms with Gasteiger partial charge in [-0.25, -0.2) is 4.79 Å². The molecular weight excluding hydrogens is 480 g/mol. The molecular formula is C20H21F6NO7. The first-order chi connectivity index (χ1) is 15.6. The third-order valence-corrected chi connectivity index (χ3v) is 4.28. The lowest BCUT2D eigenvalue weighted by Gasteiger charge is -2.23. The Morgan fingerprint density at radius 1 is 0.912 bits per heavy atom. The van der Waals surface area contributed by atoms with E-state index in [0.717, 1.165) is 0 Å². The van der Waals surface area contributed by atoms with E-state index in [9.17, 15) is 50.6 Å². The SMILES string of the molecule is CCOC(=O)C[C@H](C(=O)OCC)[C@@H](NC(=O)Cc1cc(C(F)(F)F)cc(C(F)(F)F)c1)C(=O)O.